The van der Waals surface area contributed by atoms with E-state index in [9.17, 15) is 14.7 Å². The van der Waals surface area contributed by atoms with Gasteiger partial charge < -0.3 is 10.4 Å². The molecule has 0 saturated carbocycles. The lowest BCUT2D eigenvalue weighted by atomic mass is 9.87. The first-order chi connectivity index (χ1) is 12.2. The van der Waals surface area contributed by atoms with Gasteiger partial charge in [0.05, 0.1) is 12.1 Å². The van der Waals surface area contributed by atoms with Gasteiger partial charge in [-0.3, -0.25) is 15.0 Å². The molecule has 26 heavy (non-hydrogen) atoms. The Bertz CT molecular complexity index is 604. The highest BCUT2D eigenvalue weighted by Crippen LogP contribution is 2.31. The van der Waals surface area contributed by atoms with E-state index >= 15 is 0 Å². The predicted molar refractivity (Wildman–Crippen MR) is 102 cm³/mol. The molecule has 0 radical (unpaired) electrons. The van der Waals surface area contributed by atoms with Gasteiger partial charge in [0.25, 0.3) is 0 Å². The molecule has 1 saturated heterocycles. The largest absolute Gasteiger partial charge is 0.388 e. The van der Waals surface area contributed by atoms with Gasteiger partial charge in [-0.15, -0.1) is 0 Å². The number of nitrogens with one attached hydrogen (secondary N) is 2. The maximum Gasteiger partial charge on any atom is 0.321 e. The fourth-order valence-electron chi connectivity index (χ4n) is 3.30. The lowest BCUT2D eigenvalue weighted by Crippen LogP contribution is -2.54. The Morgan fingerprint density at radius 2 is 1.73 bits per heavy atom. The topological polar surface area (TPSA) is 81.7 Å². The maximum atomic E-state index is 12.3. The van der Waals surface area contributed by atoms with Crippen LogP contribution in [0.2, 0.25) is 0 Å². The quantitative estimate of drug-likeness (QED) is 0.769. The summed E-state index contributed by atoms with van der Waals surface area (Å²) in [5.41, 5.74) is 0.551. The average molecular weight is 361 g/mol. The van der Waals surface area contributed by atoms with Gasteiger partial charge in [0, 0.05) is 5.54 Å². The molecule has 0 bridgehead atoms. The molecule has 3 amide bonds. The number of aliphatic hydroxyl groups excluding tert-OH is 1. The zero-order valence-electron chi connectivity index (χ0n) is 16.2. The molecule has 0 aromatic heterocycles. The first-order valence-corrected chi connectivity index (χ1v) is 9.27. The summed E-state index contributed by atoms with van der Waals surface area (Å²) in [5, 5.41) is 15.7. The number of carbonyl (C=O) groups is 2. The van der Waals surface area contributed by atoms with Crippen molar-refractivity contribution < 1.29 is 14.7 Å². The number of rotatable bonds is 4. The van der Waals surface area contributed by atoms with E-state index < -0.39 is 12.1 Å². The number of carbonyl (C=O) groups excluding carboxylic acids is 2. The van der Waals surface area contributed by atoms with Crippen LogP contribution in [0.1, 0.15) is 52.2 Å². The molecule has 1 fully saturated rings. The number of piperidine rings is 1. The third-order valence-corrected chi connectivity index (χ3v) is 4.81. The van der Waals surface area contributed by atoms with Gasteiger partial charge in [-0.25, -0.2) is 4.79 Å². The van der Waals surface area contributed by atoms with Crippen LogP contribution in [-0.4, -0.2) is 46.6 Å². The van der Waals surface area contributed by atoms with Crippen LogP contribution in [0.4, 0.5) is 4.79 Å². The van der Waals surface area contributed by atoms with Crippen molar-refractivity contribution in [3.05, 3.63) is 35.9 Å². The van der Waals surface area contributed by atoms with Crippen LogP contribution in [0.25, 0.3) is 0 Å². The van der Waals surface area contributed by atoms with Crippen LogP contribution in [0.15, 0.2) is 30.3 Å². The average Bonchev–Trinajstić information content (AvgIpc) is 2.59. The first kappa shape index (κ1) is 20.4. The summed E-state index contributed by atoms with van der Waals surface area (Å²) < 4.78 is 0. The van der Waals surface area contributed by atoms with Crippen molar-refractivity contribution in [1.29, 1.82) is 0 Å². The highest BCUT2D eigenvalue weighted by Gasteiger charge is 2.31. The zero-order chi connectivity index (χ0) is 19.3. The van der Waals surface area contributed by atoms with Gasteiger partial charge in [-0.2, -0.15) is 0 Å². The van der Waals surface area contributed by atoms with Crippen molar-refractivity contribution in [1.82, 2.24) is 15.5 Å². The second kappa shape index (κ2) is 8.64. The molecule has 144 valence electrons. The predicted octanol–water partition coefficient (Wildman–Crippen LogP) is 2.44. The second-order valence-corrected chi connectivity index (χ2v) is 8.10. The number of likely N-dealkylation sites (tertiary alicyclic amines) is 1. The Kier molecular flexibility index (Phi) is 6.78. The standard InChI is InChI=1S/C20H31N3O3/c1-14(18(25)21-19(26)22-20(2,3)4)23-12-10-16(11-13-23)17(24)15-8-6-5-7-9-15/h5-9,14,16-17,24H,10-13H2,1-4H3,(H2,21,22,25,26). The summed E-state index contributed by atoms with van der Waals surface area (Å²) in [6.07, 6.45) is 1.17. The minimum absolute atomic E-state index is 0.188. The van der Waals surface area contributed by atoms with E-state index in [2.05, 4.69) is 15.5 Å². The van der Waals surface area contributed by atoms with Crippen molar-refractivity contribution in [2.75, 3.05) is 13.1 Å². The van der Waals surface area contributed by atoms with Crippen molar-refractivity contribution in [3.8, 4) is 0 Å². The van der Waals surface area contributed by atoms with Gasteiger partial charge in [0.1, 0.15) is 0 Å². The van der Waals surface area contributed by atoms with Gasteiger partial charge in [0.15, 0.2) is 0 Å². The molecule has 3 N–H and O–H groups in total. The molecule has 1 aliphatic heterocycles. The third kappa shape index (κ3) is 5.81. The fraction of sp³-hybridized carbons (Fsp3) is 0.600. The molecule has 2 unspecified atom stereocenters. The minimum Gasteiger partial charge on any atom is -0.388 e. The van der Waals surface area contributed by atoms with E-state index in [4.69, 9.17) is 0 Å². The fourth-order valence-corrected chi connectivity index (χ4v) is 3.30. The van der Waals surface area contributed by atoms with Gasteiger partial charge >= 0.3 is 6.03 Å². The summed E-state index contributed by atoms with van der Waals surface area (Å²) in [7, 11) is 0. The van der Waals surface area contributed by atoms with E-state index in [-0.39, 0.29) is 23.4 Å². The number of urea groups is 1. The Hall–Kier alpha value is -1.92. The van der Waals surface area contributed by atoms with E-state index in [1.54, 1.807) is 0 Å². The van der Waals surface area contributed by atoms with Crippen LogP contribution in [0, 0.1) is 5.92 Å². The molecule has 1 heterocycles. The van der Waals surface area contributed by atoms with Crippen molar-refractivity contribution in [2.45, 2.75) is 58.2 Å². The number of hydrogen-bond donors (Lipinski definition) is 3. The lowest BCUT2D eigenvalue weighted by Gasteiger charge is -2.37. The molecule has 2 rings (SSSR count). The van der Waals surface area contributed by atoms with E-state index in [1.807, 2.05) is 58.0 Å². The normalized spacial score (nSPS) is 18.8. The molecule has 6 nitrogen and oxygen atoms in total. The van der Waals surface area contributed by atoms with E-state index in [0.29, 0.717) is 0 Å². The highest BCUT2D eigenvalue weighted by molar-refractivity contribution is 5.97. The molecular formula is C20H31N3O3. The van der Waals surface area contributed by atoms with Gasteiger partial charge in [0.2, 0.25) is 5.91 Å². The highest BCUT2D eigenvalue weighted by atomic mass is 16.3. The molecular weight excluding hydrogens is 330 g/mol. The third-order valence-electron chi connectivity index (χ3n) is 4.81. The SMILES string of the molecule is CC(C(=O)NC(=O)NC(C)(C)C)N1CCC(C(O)c2ccccc2)CC1. The number of amides is 3. The van der Waals surface area contributed by atoms with Gasteiger partial charge in [-0.05, 0) is 65.1 Å². The molecule has 0 aliphatic carbocycles. The smallest absolute Gasteiger partial charge is 0.321 e. The molecule has 1 aromatic rings. The van der Waals surface area contributed by atoms with Crippen LogP contribution in [-0.2, 0) is 4.79 Å². The van der Waals surface area contributed by atoms with Gasteiger partial charge in [-0.1, -0.05) is 30.3 Å². The van der Waals surface area contributed by atoms with E-state index in [1.165, 1.54) is 0 Å². The number of benzene rings is 1. The Labute approximate surface area is 156 Å². The van der Waals surface area contributed by atoms with Crippen molar-refractivity contribution >= 4 is 11.9 Å². The first-order valence-electron chi connectivity index (χ1n) is 9.27. The molecule has 1 aromatic carbocycles. The van der Waals surface area contributed by atoms with Crippen molar-refractivity contribution in [2.24, 2.45) is 5.92 Å². The maximum absolute atomic E-state index is 12.3. The van der Waals surface area contributed by atoms with Crippen LogP contribution >= 0.6 is 0 Å². The number of imide groups is 1. The lowest BCUT2D eigenvalue weighted by molar-refractivity contribution is -0.125. The number of nitrogens with zero attached hydrogens (tertiary/aromatic N) is 1. The summed E-state index contributed by atoms with van der Waals surface area (Å²) in [6, 6.07) is 8.85. The van der Waals surface area contributed by atoms with E-state index in [0.717, 1.165) is 31.5 Å². The summed E-state index contributed by atoms with van der Waals surface area (Å²) >= 11 is 0. The summed E-state index contributed by atoms with van der Waals surface area (Å²) in [6.45, 7) is 8.86. The molecule has 6 heteroatoms. The van der Waals surface area contributed by atoms with Crippen LogP contribution < -0.4 is 10.6 Å². The second-order valence-electron chi connectivity index (χ2n) is 8.10. The number of aliphatic hydroxyl groups is 1. The molecule has 1 aliphatic rings. The Morgan fingerprint density at radius 1 is 1.15 bits per heavy atom. The Morgan fingerprint density at radius 3 is 2.27 bits per heavy atom. The minimum atomic E-state index is -0.472. The molecule has 2 atom stereocenters. The van der Waals surface area contributed by atoms with Crippen LogP contribution in [0.3, 0.4) is 0 Å². The Balaban J connectivity index is 1.83. The monoisotopic (exact) mass is 361 g/mol. The zero-order valence-corrected chi connectivity index (χ0v) is 16.2. The summed E-state index contributed by atoms with van der Waals surface area (Å²) in [4.78, 5) is 26.2. The number of hydrogen-bond acceptors (Lipinski definition) is 4. The van der Waals surface area contributed by atoms with Crippen LogP contribution in [0.5, 0.6) is 0 Å². The van der Waals surface area contributed by atoms with Crippen molar-refractivity contribution in [3.63, 3.8) is 0 Å². The summed E-state index contributed by atoms with van der Waals surface area (Å²) in [5.74, 6) is -0.109. The molecule has 0 spiro atoms.